The Kier molecular flexibility index (Phi) is 7.17. The molecule has 2 aliphatic rings. The van der Waals surface area contributed by atoms with Gasteiger partial charge in [-0.3, -0.25) is 19.5 Å². The zero-order valence-corrected chi connectivity index (χ0v) is 21.7. The molecular formula is C29H30N6O4. The first-order valence-corrected chi connectivity index (χ1v) is 13.1. The minimum absolute atomic E-state index is 0.109. The van der Waals surface area contributed by atoms with Crippen molar-refractivity contribution >= 4 is 17.6 Å². The number of likely N-dealkylation sites (N-methyl/N-ethyl adjacent to an activating group) is 1. The van der Waals surface area contributed by atoms with Gasteiger partial charge >= 0.3 is 5.97 Å². The Hall–Kier alpha value is -4.49. The molecule has 2 aromatic carbocycles. The number of hydrogen-bond donors (Lipinski definition) is 3. The van der Waals surface area contributed by atoms with Crippen LogP contribution in [0.1, 0.15) is 48.4 Å². The van der Waals surface area contributed by atoms with Crippen LogP contribution < -0.4 is 21.1 Å². The van der Waals surface area contributed by atoms with E-state index in [0.717, 1.165) is 24.8 Å². The predicted octanol–water partition coefficient (Wildman–Crippen LogP) is 2.58. The number of nitrogens with one attached hydrogen (secondary N) is 2. The lowest BCUT2D eigenvalue weighted by atomic mass is 9.88. The largest absolute Gasteiger partial charge is 0.478 e. The number of aromatic nitrogens is 2. The molecule has 0 unspecified atom stereocenters. The van der Waals surface area contributed by atoms with Crippen LogP contribution in [-0.4, -0.2) is 45.8 Å². The average molecular weight is 527 g/mol. The van der Waals surface area contributed by atoms with Gasteiger partial charge in [-0.1, -0.05) is 24.3 Å². The molecule has 10 heteroatoms. The fourth-order valence-electron chi connectivity index (χ4n) is 5.76. The Balaban J connectivity index is 1.53. The Morgan fingerprint density at radius 2 is 1.95 bits per heavy atom. The Morgan fingerprint density at radius 1 is 1.18 bits per heavy atom. The summed E-state index contributed by atoms with van der Waals surface area (Å²) in [6.07, 6.45) is 4.98. The molecule has 1 aromatic heterocycles. The third-order valence-corrected chi connectivity index (χ3v) is 7.75. The van der Waals surface area contributed by atoms with Crippen molar-refractivity contribution in [1.82, 2.24) is 20.2 Å². The fraction of sp³-hybridized carbons (Fsp3) is 0.345. The summed E-state index contributed by atoms with van der Waals surface area (Å²) in [6.45, 7) is 0.0620. The van der Waals surface area contributed by atoms with Crippen LogP contribution in [0.3, 0.4) is 0 Å². The molecule has 5 rings (SSSR count). The van der Waals surface area contributed by atoms with Gasteiger partial charge in [0.1, 0.15) is 18.1 Å². The van der Waals surface area contributed by atoms with Gasteiger partial charge in [0, 0.05) is 12.1 Å². The van der Waals surface area contributed by atoms with Crippen molar-refractivity contribution in [2.75, 3.05) is 18.5 Å². The molecule has 2 atom stereocenters. The molecule has 0 radical (unpaired) electrons. The highest BCUT2D eigenvalue weighted by atomic mass is 16.4. The van der Waals surface area contributed by atoms with Crippen LogP contribution >= 0.6 is 0 Å². The summed E-state index contributed by atoms with van der Waals surface area (Å²) in [4.78, 5) is 45.7. The number of nitriles is 1. The highest BCUT2D eigenvalue weighted by molar-refractivity contribution is 5.84. The summed E-state index contributed by atoms with van der Waals surface area (Å²) in [7, 11) is 1.55. The normalized spacial score (nSPS) is 20.2. The SMILES string of the molecule is CN[C@@]1(C(=O)O)CCCN1c1cnc(-c2ccc(C#N)cc2)n(CC(=O)N[C@@H]2CCCc3ccccc32)c1=O. The van der Waals surface area contributed by atoms with E-state index < -0.39 is 17.2 Å². The van der Waals surface area contributed by atoms with Crippen molar-refractivity contribution in [2.45, 2.75) is 50.4 Å². The second-order valence-corrected chi connectivity index (χ2v) is 9.93. The zero-order chi connectivity index (χ0) is 27.6. The molecule has 1 amide bonds. The summed E-state index contributed by atoms with van der Waals surface area (Å²) in [5.74, 6) is -1.16. The van der Waals surface area contributed by atoms with Crippen LogP contribution in [-0.2, 0) is 22.6 Å². The van der Waals surface area contributed by atoms with E-state index in [4.69, 9.17) is 0 Å². The Bertz CT molecular complexity index is 1510. The Morgan fingerprint density at radius 3 is 2.67 bits per heavy atom. The quantitative estimate of drug-likeness (QED) is 0.427. The summed E-state index contributed by atoms with van der Waals surface area (Å²) >= 11 is 0. The second kappa shape index (κ2) is 10.7. The van der Waals surface area contributed by atoms with Crippen LogP contribution in [0, 0.1) is 11.3 Å². The number of carbonyl (C=O) groups is 2. The third-order valence-electron chi connectivity index (χ3n) is 7.75. The maximum atomic E-state index is 14.0. The van der Waals surface area contributed by atoms with Crippen LogP contribution in [0.4, 0.5) is 5.69 Å². The number of rotatable bonds is 7. The van der Waals surface area contributed by atoms with Gasteiger partial charge in [-0.15, -0.1) is 0 Å². The van der Waals surface area contributed by atoms with Gasteiger partial charge in [-0.25, -0.2) is 9.78 Å². The topological polar surface area (TPSA) is 140 Å². The molecule has 3 N–H and O–H groups in total. The van der Waals surface area contributed by atoms with Gasteiger partial charge in [-0.05, 0) is 74.5 Å². The van der Waals surface area contributed by atoms with Gasteiger partial charge in [0.15, 0.2) is 5.66 Å². The van der Waals surface area contributed by atoms with Gasteiger partial charge in [0.05, 0.1) is 23.9 Å². The van der Waals surface area contributed by atoms with Crippen molar-refractivity contribution in [3.8, 4) is 17.5 Å². The highest BCUT2D eigenvalue weighted by Crippen LogP contribution is 2.32. The van der Waals surface area contributed by atoms with Crippen LogP contribution in [0.25, 0.3) is 11.4 Å². The molecule has 1 aliphatic carbocycles. The zero-order valence-electron chi connectivity index (χ0n) is 21.7. The maximum Gasteiger partial charge on any atom is 0.344 e. The lowest BCUT2D eigenvalue weighted by molar-refractivity contribution is -0.144. The van der Waals surface area contributed by atoms with Crippen LogP contribution in [0.5, 0.6) is 0 Å². The number of carboxylic acid groups (broad SMARTS) is 1. The Labute approximate surface area is 225 Å². The number of anilines is 1. The van der Waals surface area contributed by atoms with Crippen LogP contribution in [0.15, 0.2) is 59.5 Å². The lowest BCUT2D eigenvalue weighted by Gasteiger charge is -2.35. The molecule has 0 spiro atoms. The number of aryl methyl sites for hydroxylation is 1. The molecule has 0 bridgehead atoms. The predicted molar refractivity (Wildman–Crippen MR) is 145 cm³/mol. The molecule has 0 saturated carbocycles. The van der Waals surface area contributed by atoms with Gasteiger partial charge < -0.3 is 15.3 Å². The van der Waals surface area contributed by atoms with Crippen molar-refractivity contribution in [3.63, 3.8) is 0 Å². The fourth-order valence-corrected chi connectivity index (χ4v) is 5.76. The summed E-state index contributed by atoms with van der Waals surface area (Å²) in [5, 5.41) is 25.2. The average Bonchev–Trinajstić information content (AvgIpc) is 3.40. The molecule has 1 aliphatic heterocycles. The molecule has 2 heterocycles. The smallest absolute Gasteiger partial charge is 0.344 e. The van der Waals surface area contributed by atoms with Crippen LogP contribution in [0.2, 0.25) is 0 Å². The van der Waals surface area contributed by atoms with E-state index in [-0.39, 0.29) is 30.0 Å². The van der Waals surface area contributed by atoms with E-state index in [1.807, 2.05) is 18.2 Å². The monoisotopic (exact) mass is 526 g/mol. The highest BCUT2D eigenvalue weighted by Gasteiger charge is 2.48. The van der Waals surface area contributed by atoms with E-state index in [0.29, 0.717) is 30.5 Å². The third kappa shape index (κ3) is 4.77. The summed E-state index contributed by atoms with van der Waals surface area (Å²) < 4.78 is 1.29. The molecule has 3 aromatic rings. The van der Waals surface area contributed by atoms with E-state index in [2.05, 4.69) is 27.8 Å². The number of nitrogens with zero attached hydrogens (tertiary/aromatic N) is 4. The van der Waals surface area contributed by atoms with Crippen molar-refractivity contribution in [2.24, 2.45) is 0 Å². The molecule has 10 nitrogen and oxygen atoms in total. The number of aliphatic carboxylic acids is 1. The number of fused-ring (bicyclic) bond motifs is 1. The first-order chi connectivity index (χ1) is 18.9. The molecule has 1 fully saturated rings. The first kappa shape index (κ1) is 26.1. The van der Waals surface area contributed by atoms with Gasteiger partial charge in [0.25, 0.3) is 5.56 Å². The van der Waals surface area contributed by atoms with E-state index >= 15 is 0 Å². The minimum Gasteiger partial charge on any atom is -0.478 e. The van der Waals surface area contributed by atoms with Gasteiger partial charge in [0.2, 0.25) is 5.91 Å². The summed E-state index contributed by atoms with van der Waals surface area (Å²) in [6, 6.07) is 16.5. The number of amides is 1. The number of carboxylic acids is 1. The van der Waals surface area contributed by atoms with Crippen molar-refractivity contribution in [3.05, 3.63) is 81.8 Å². The standard InChI is InChI=1S/C29H30N6O4/c1-31-29(28(38)39)14-5-15-35(29)24-17-32-26(21-12-10-19(16-30)11-13-21)34(27(24)37)18-25(36)33-23-9-4-7-20-6-2-3-8-22(20)23/h2-3,6,8,10-13,17,23,31H,4-5,7,9,14-15,18H2,1H3,(H,33,36)(H,38,39)/t23-,29+/m1/s1. The second-order valence-electron chi connectivity index (χ2n) is 9.93. The van der Waals surface area contributed by atoms with E-state index in [1.54, 1.807) is 31.3 Å². The van der Waals surface area contributed by atoms with Gasteiger partial charge in [-0.2, -0.15) is 5.26 Å². The van der Waals surface area contributed by atoms with E-state index in [9.17, 15) is 24.8 Å². The first-order valence-electron chi connectivity index (χ1n) is 13.1. The number of hydrogen-bond acceptors (Lipinski definition) is 7. The maximum absolute atomic E-state index is 14.0. The summed E-state index contributed by atoms with van der Waals surface area (Å²) in [5.41, 5.74) is 1.47. The molecular weight excluding hydrogens is 496 g/mol. The lowest BCUT2D eigenvalue weighted by Crippen LogP contribution is -2.61. The van der Waals surface area contributed by atoms with Crippen molar-refractivity contribution in [1.29, 1.82) is 5.26 Å². The number of carbonyl (C=O) groups excluding carboxylic acids is 1. The molecule has 1 saturated heterocycles. The molecule has 200 valence electrons. The van der Waals surface area contributed by atoms with E-state index in [1.165, 1.54) is 21.2 Å². The molecule has 39 heavy (non-hydrogen) atoms. The van der Waals surface area contributed by atoms with Crippen molar-refractivity contribution < 1.29 is 14.7 Å². The minimum atomic E-state index is -1.44. The number of benzene rings is 2.